The van der Waals surface area contributed by atoms with Crippen LogP contribution in [0.4, 0.5) is 11.4 Å². The lowest BCUT2D eigenvalue weighted by Crippen LogP contribution is -2.28. The van der Waals surface area contributed by atoms with E-state index in [0.29, 0.717) is 17.4 Å². The lowest BCUT2D eigenvalue weighted by Gasteiger charge is -2.12. The van der Waals surface area contributed by atoms with E-state index in [2.05, 4.69) is 4.99 Å². The molecule has 0 unspecified atom stereocenters. The molecule has 3 aromatic rings. The van der Waals surface area contributed by atoms with Gasteiger partial charge >= 0.3 is 5.97 Å². The van der Waals surface area contributed by atoms with Gasteiger partial charge in [0.2, 0.25) is 0 Å². The van der Waals surface area contributed by atoms with E-state index in [0.717, 1.165) is 17.3 Å². The van der Waals surface area contributed by atoms with Crippen LogP contribution >= 0.6 is 11.8 Å². The highest BCUT2D eigenvalue weighted by atomic mass is 32.2. The summed E-state index contributed by atoms with van der Waals surface area (Å²) in [6.45, 7) is 2.31. The number of methoxy groups -OCH3 is 1. The van der Waals surface area contributed by atoms with Crippen molar-refractivity contribution < 1.29 is 29.1 Å². The lowest BCUT2D eigenvalue weighted by atomic mass is 10.1. The van der Waals surface area contributed by atoms with Crippen molar-refractivity contribution in [3.05, 3.63) is 98.4 Å². The van der Waals surface area contributed by atoms with Gasteiger partial charge in [-0.05, 0) is 60.7 Å². The highest BCUT2D eigenvalue weighted by Crippen LogP contribution is 2.39. The van der Waals surface area contributed by atoms with Gasteiger partial charge in [-0.25, -0.2) is 9.79 Å². The van der Waals surface area contributed by atoms with Gasteiger partial charge in [-0.1, -0.05) is 30.3 Å². The fourth-order valence-corrected chi connectivity index (χ4v) is 4.70. The quantitative estimate of drug-likeness (QED) is 0.217. The molecule has 0 radical (unpaired) electrons. The summed E-state index contributed by atoms with van der Waals surface area (Å²) < 4.78 is 11.2. The fraction of sp³-hybridized carbons (Fsp3) is 0.148. The van der Waals surface area contributed by atoms with Crippen molar-refractivity contribution in [1.29, 1.82) is 0 Å². The minimum atomic E-state index is -1.05. The zero-order valence-electron chi connectivity index (χ0n) is 20.5. The number of carbonyl (C=O) groups excluding carboxylic acids is 1. The van der Waals surface area contributed by atoms with E-state index in [-0.39, 0.29) is 45.7 Å². The molecule has 3 aromatic carbocycles. The first-order valence-corrected chi connectivity index (χ1v) is 12.3. The van der Waals surface area contributed by atoms with Crippen LogP contribution in [-0.4, -0.2) is 45.6 Å². The summed E-state index contributed by atoms with van der Waals surface area (Å²) in [6.07, 6.45) is 1.44. The Morgan fingerprint density at radius 3 is 2.45 bits per heavy atom. The number of thioether (sulfide) groups is 1. The van der Waals surface area contributed by atoms with Crippen LogP contribution in [0.1, 0.15) is 28.4 Å². The maximum atomic E-state index is 13.1. The molecule has 1 aliphatic heterocycles. The lowest BCUT2D eigenvalue weighted by molar-refractivity contribution is -0.385. The van der Waals surface area contributed by atoms with Crippen LogP contribution in [0.2, 0.25) is 0 Å². The summed E-state index contributed by atoms with van der Waals surface area (Å²) in [4.78, 5) is 41.7. The second kappa shape index (κ2) is 11.6. The molecular formula is C27H23N3O7S. The Balaban J connectivity index is 1.66. The van der Waals surface area contributed by atoms with E-state index in [1.807, 2.05) is 30.3 Å². The predicted molar refractivity (Wildman–Crippen MR) is 144 cm³/mol. The third-order valence-electron chi connectivity index (χ3n) is 5.58. The summed E-state index contributed by atoms with van der Waals surface area (Å²) >= 11 is 1.07. The molecular weight excluding hydrogens is 510 g/mol. The SMILES string of the molecule is CCN1C(=O)/C(=C\c2cc(OC)c(OCc3ccccc3)cc2[N+](=O)[O-])SC1=Nc1ccc(C(=O)O)cc1. The standard InChI is InChI=1S/C27H23N3O7S/c1-3-29-25(31)24(38-27(29)28-20-11-9-18(10-12-20)26(32)33)14-19-13-22(36-2)23(15-21(19)30(34)35)37-16-17-7-5-4-6-8-17/h4-15H,3,16H2,1-2H3,(H,32,33)/b24-14+,28-27?. The Bertz CT molecular complexity index is 1440. The molecule has 1 heterocycles. The number of rotatable bonds is 9. The number of benzene rings is 3. The van der Waals surface area contributed by atoms with Crippen LogP contribution in [0.5, 0.6) is 11.5 Å². The van der Waals surface area contributed by atoms with Gasteiger partial charge in [-0.3, -0.25) is 19.8 Å². The van der Waals surface area contributed by atoms with Crippen molar-refractivity contribution in [1.82, 2.24) is 4.90 Å². The van der Waals surface area contributed by atoms with Crippen LogP contribution in [0.15, 0.2) is 76.6 Å². The number of carboxylic acid groups (broad SMARTS) is 1. The molecule has 11 heteroatoms. The molecule has 0 spiro atoms. The number of nitrogens with zero attached hydrogens (tertiary/aromatic N) is 3. The number of hydrogen-bond donors (Lipinski definition) is 1. The third kappa shape index (κ3) is 5.84. The molecule has 1 aliphatic rings. The van der Waals surface area contributed by atoms with Gasteiger partial charge in [0, 0.05) is 6.54 Å². The molecule has 0 aromatic heterocycles. The van der Waals surface area contributed by atoms with Crippen molar-refractivity contribution in [3.8, 4) is 11.5 Å². The number of hydrogen-bond acceptors (Lipinski definition) is 8. The molecule has 4 rings (SSSR count). The van der Waals surface area contributed by atoms with E-state index in [9.17, 15) is 19.7 Å². The maximum Gasteiger partial charge on any atom is 0.335 e. The molecule has 0 saturated carbocycles. The highest BCUT2D eigenvalue weighted by molar-refractivity contribution is 8.18. The largest absolute Gasteiger partial charge is 0.493 e. The van der Waals surface area contributed by atoms with Crippen LogP contribution in [0.3, 0.4) is 0 Å². The molecule has 1 saturated heterocycles. The Kier molecular flexibility index (Phi) is 8.07. The van der Waals surface area contributed by atoms with Gasteiger partial charge in [0.05, 0.1) is 39.8 Å². The Morgan fingerprint density at radius 2 is 1.84 bits per heavy atom. The van der Waals surface area contributed by atoms with Crippen LogP contribution in [0, 0.1) is 10.1 Å². The number of amides is 1. The number of likely N-dealkylation sites (N-methyl/N-ethyl adjacent to an activating group) is 1. The molecule has 1 N–H and O–H groups in total. The zero-order chi connectivity index (χ0) is 27.2. The van der Waals surface area contributed by atoms with Crippen LogP contribution in [0.25, 0.3) is 6.08 Å². The monoisotopic (exact) mass is 533 g/mol. The summed E-state index contributed by atoms with van der Waals surface area (Å²) in [7, 11) is 1.43. The normalized spacial score (nSPS) is 15.2. The van der Waals surface area contributed by atoms with Gasteiger partial charge in [0.15, 0.2) is 16.7 Å². The van der Waals surface area contributed by atoms with Crippen molar-refractivity contribution in [3.63, 3.8) is 0 Å². The van der Waals surface area contributed by atoms with Gasteiger partial charge in [-0.2, -0.15) is 0 Å². The van der Waals surface area contributed by atoms with Crippen LogP contribution in [-0.2, 0) is 11.4 Å². The Labute approximate surface area is 222 Å². The second-order valence-electron chi connectivity index (χ2n) is 8.00. The van der Waals surface area contributed by atoms with Crippen molar-refractivity contribution in [2.75, 3.05) is 13.7 Å². The second-order valence-corrected chi connectivity index (χ2v) is 9.01. The number of aromatic carboxylic acids is 1. The van der Waals surface area contributed by atoms with Gasteiger partial charge in [0.1, 0.15) is 6.61 Å². The number of ether oxygens (including phenoxy) is 2. The summed E-state index contributed by atoms with van der Waals surface area (Å²) in [5.41, 5.74) is 1.41. The van der Waals surface area contributed by atoms with Gasteiger partial charge in [-0.15, -0.1) is 0 Å². The van der Waals surface area contributed by atoms with E-state index in [4.69, 9.17) is 14.6 Å². The highest BCUT2D eigenvalue weighted by Gasteiger charge is 2.33. The molecule has 0 atom stereocenters. The predicted octanol–water partition coefficient (Wildman–Crippen LogP) is 5.50. The third-order valence-corrected chi connectivity index (χ3v) is 6.58. The molecule has 0 bridgehead atoms. The molecule has 0 aliphatic carbocycles. The van der Waals surface area contributed by atoms with Crippen molar-refractivity contribution >= 4 is 46.3 Å². The molecule has 1 amide bonds. The minimum Gasteiger partial charge on any atom is -0.493 e. The average molecular weight is 534 g/mol. The topological polar surface area (TPSA) is 132 Å². The van der Waals surface area contributed by atoms with E-state index in [1.165, 1.54) is 42.4 Å². The zero-order valence-corrected chi connectivity index (χ0v) is 21.3. The average Bonchev–Trinajstić information content (AvgIpc) is 3.21. The number of carbonyl (C=O) groups is 2. The fourth-order valence-electron chi connectivity index (χ4n) is 3.65. The molecule has 38 heavy (non-hydrogen) atoms. The minimum absolute atomic E-state index is 0.120. The Morgan fingerprint density at radius 1 is 1.13 bits per heavy atom. The van der Waals surface area contributed by atoms with Gasteiger partial charge < -0.3 is 14.6 Å². The number of nitro benzene ring substituents is 1. The van der Waals surface area contributed by atoms with Crippen molar-refractivity contribution in [2.45, 2.75) is 13.5 Å². The number of amidine groups is 1. The summed E-state index contributed by atoms with van der Waals surface area (Å²) in [5.74, 6) is -0.911. The number of aliphatic imine (C=N–C) groups is 1. The summed E-state index contributed by atoms with van der Waals surface area (Å²) in [6, 6.07) is 18.1. The first-order valence-electron chi connectivity index (χ1n) is 11.5. The van der Waals surface area contributed by atoms with E-state index < -0.39 is 10.9 Å². The molecule has 10 nitrogen and oxygen atoms in total. The van der Waals surface area contributed by atoms with Gasteiger partial charge in [0.25, 0.3) is 11.6 Å². The summed E-state index contributed by atoms with van der Waals surface area (Å²) in [5, 5.41) is 21.4. The first kappa shape index (κ1) is 26.4. The molecule has 1 fully saturated rings. The molecule has 194 valence electrons. The van der Waals surface area contributed by atoms with Crippen molar-refractivity contribution in [2.24, 2.45) is 4.99 Å². The van der Waals surface area contributed by atoms with Crippen LogP contribution < -0.4 is 9.47 Å². The number of carboxylic acids is 1. The smallest absolute Gasteiger partial charge is 0.335 e. The van der Waals surface area contributed by atoms with E-state index in [1.54, 1.807) is 19.1 Å². The Hall–Kier alpha value is -4.64. The van der Waals surface area contributed by atoms with E-state index >= 15 is 0 Å². The number of nitro groups is 1. The first-order chi connectivity index (χ1) is 18.3. The maximum absolute atomic E-state index is 13.1.